The minimum absolute atomic E-state index is 0.186. The molecule has 10 nitrogen and oxygen atoms in total. The molecule has 0 aliphatic carbocycles. The number of allylic oxidation sites excluding steroid dienone is 1. The molecule has 2 aromatic carbocycles. The van der Waals surface area contributed by atoms with E-state index in [4.69, 9.17) is 15.2 Å². The topological polar surface area (TPSA) is 149 Å². The van der Waals surface area contributed by atoms with E-state index in [1.807, 2.05) is 6.07 Å². The standard InChI is InChI=1S/C22H16BrFN4O6/c1-33-21(29)18-17(11-6-4-3-5-7-11)12(10-25)20(26)27(19(18)22(30)34-2)15-8-13(23)14(24)9-16(15)28(31)32/h3-9,17H,26H2,1-2H3. The van der Waals surface area contributed by atoms with Crippen molar-refractivity contribution in [1.29, 1.82) is 5.26 Å². The summed E-state index contributed by atoms with van der Waals surface area (Å²) in [4.78, 5) is 37.6. The molecule has 3 rings (SSSR count). The van der Waals surface area contributed by atoms with Gasteiger partial charge in [0.2, 0.25) is 0 Å². The average Bonchev–Trinajstić information content (AvgIpc) is 2.84. The summed E-state index contributed by atoms with van der Waals surface area (Å²) in [6.07, 6.45) is 0. The summed E-state index contributed by atoms with van der Waals surface area (Å²) in [6, 6.07) is 11.8. The van der Waals surface area contributed by atoms with Crippen LogP contribution < -0.4 is 10.6 Å². The third kappa shape index (κ3) is 4.08. The number of hydrogen-bond acceptors (Lipinski definition) is 9. The average molecular weight is 531 g/mol. The Morgan fingerprint density at radius 2 is 1.82 bits per heavy atom. The second-order valence-corrected chi connectivity index (χ2v) is 7.70. The van der Waals surface area contributed by atoms with E-state index in [0.29, 0.717) is 11.6 Å². The Kier molecular flexibility index (Phi) is 6.97. The molecule has 0 saturated carbocycles. The number of nitro groups is 1. The molecule has 1 aliphatic heterocycles. The molecule has 2 N–H and O–H groups in total. The fourth-order valence-corrected chi connectivity index (χ4v) is 3.95. The highest BCUT2D eigenvalue weighted by atomic mass is 79.9. The normalized spacial score (nSPS) is 15.6. The van der Waals surface area contributed by atoms with E-state index in [9.17, 15) is 29.4 Å². The maximum absolute atomic E-state index is 14.1. The van der Waals surface area contributed by atoms with Gasteiger partial charge in [0.1, 0.15) is 23.0 Å². The van der Waals surface area contributed by atoms with Crippen molar-refractivity contribution in [3.05, 3.63) is 91.1 Å². The Balaban J connectivity index is 2.51. The fourth-order valence-electron chi connectivity index (χ4n) is 3.61. The minimum atomic E-state index is -1.15. The zero-order valence-corrected chi connectivity index (χ0v) is 19.3. The number of ether oxygens (including phenoxy) is 2. The molecule has 0 fully saturated rings. The van der Waals surface area contributed by atoms with Crippen molar-refractivity contribution >= 4 is 39.2 Å². The molecule has 1 aliphatic rings. The number of hydrogen-bond donors (Lipinski definition) is 1. The summed E-state index contributed by atoms with van der Waals surface area (Å²) < 4.78 is 23.7. The van der Waals surface area contributed by atoms with Gasteiger partial charge in [-0.15, -0.1) is 0 Å². The number of benzene rings is 2. The Bertz CT molecular complexity index is 1300. The molecule has 0 amide bonds. The lowest BCUT2D eigenvalue weighted by atomic mass is 9.81. The maximum Gasteiger partial charge on any atom is 0.355 e. The van der Waals surface area contributed by atoms with Gasteiger partial charge in [0.25, 0.3) is 5.69 Å². The van der Waals surface area contributed by atoms with Crippen molar-refractivity contribution in [3.63, 3.8) is 0 Å². The van der Waals surface area contributed by atoms with Crippen LogP contribution in [0.2, 0.25) is 0 Å². The van der Waals surface area contributed by atoms with Crippen molar-refractivity contribution in [2.24, 2.45) is 5.73 Å². The quantitative estimate of drug-likeness (QED) is 0.348. The first-order chi connectivity index (χ1) is 16.2. The van der Waals surface area contributed by atoms with Gasteiger partial charge < -0.3 is 15.2 Å². The summed E-state index contributed by atoms with van der Waals surface area (Å²) in [6.45, 7) is 0. The molecular weight excluding hydrogens is 515 g/mol. The van der Waals surface area contributed by atoms with E-state index < -0.39 is 40.0 Å². The number of anilines is 1. The van der Waals surface area contributed by atoms with Gasteiger partial charge in [0.15, 0.2) is 0 Å². The van der Waals surface area contributed by atoms with Crippen molar-refractivity contribution in [1.82, 2.24) is 0 Å². The van der Waals surface area contributed by atoms with Crippen LogP contribution in [0, 0.1) is 27.3 Å². The molecule has 12 heteroatoms. The van der Waals surface area contributed by atoms with Crippen LogP contribution in [0.25, 0.3) is 0 Å². The Hall–Kier alpha value is -4.24. The van der Waals surface area contributed by atoms with Crippen molar-refractivity contribution in [2.45, 2.75) is 5.92 Å². The molecule has 34 heavy (non-hydrogen) atoms. The molecular formula is C22H16BrFN4O6. The van der Waals surface area contributed by atoms with E-state index in [0.717, 1.165) is 25.2 Å². The minimum Gasteiger partial charge on any atom is -0.466 e. The van der Waals surface area contributed by atoms with Gasteiger partial charge in [-0.3, -0.25) is 15.0 Å². The van der Waals surface area contributed by atoms with Gasteiger partial charge in [-0.2, -0.15) is 5.26 Å². The van der Waals surface area contributed by atoms with Gasteiger partial charge in [0, 0.05) is 0 Å². The van der Waals surface area contributed by atoms with E-state index in [1.165, 1.54) is 0 Å². The van der Waals surface area contributed by atoms with Crippen LogP contribution in [0.4, 0.5) is 15.8 Å². The number of nitrogens with two attached hydrogens (primary N) is 1. The first kappa shape index (κ1) is 24.4. The summed E-state index contributed by atoms with van der Waals surface area (Å²) in [5, 5.41) is 21.7. The summed E-state index contributed by atoms with van der Waals surface area (Å²) in [7, 11) is 2.11. The van der Waals surface area contributed by atoms with Gasteiger partial charge in [-0.1, -0.05) is 30.3 Å². The molecule has 174 valence electrons. The first-order valence-corrected chi connectivity index (χ1v) is 10.3. The number of nitriles is 1. The van der Waals surface area contributed by atoms with Crippen LogP contribution in [-0.2, 0) is 19.1 Å². The smallest absolute Gasteiger partial charge is 0.355 e. The lowest BCUT2D eigenvalue weighted by Crippen LogP contribution is -2.41. The summed E-state index contributed by atoms with van der Waals surface area (Å²) >= 11 is 2.96. The number of rotatable bonds is 5. The molecule has 1 heterocycles. The van der Waals surface area contributed by atoms with Crippen LogP contribution in [0.5, 0.6) is 0 Å². The van der Waals surface area contributed by atoms with Gasteiger partial charge in [-0.25, -0.2) is 14.0 Å². The SMILES string of the molecule is COC(=O)C1=C(C(=O)OC)N(c2cc(Br)c(F)cc2[N+](=O)[O-])C(N)=C(C#N)C1c1ccccc1. The Labute approximate surface area is 200 Å². The first-order valence-electron chi connectivity index (χ1n) is 9.46. The zero-order chi connectivity index (χ0) is 25.2. The molecule has 0 saturated heterocycles. The fraction of sp³-hybridized carbons (Fsp3) is 0.136. The third-order valence-electron chi connectivity index (χ3n) is 5.07. The molecule has 1 atom stereocenters. The number of methoxy groups -OCH3 is 2. The van der Waals surface area contributed by atoms with Crippen LogP contribution in [0.1, 0.15) is 11.5 Å². The number of carbonyl (C=O) groups excluding carboxylic acids is 2. The summed E-state index contributed by atoms with van der Waals surface area (Å²) in [5.74, 6) is -4.56. The van der Waals surface area contributed by atoms with Gasteiger partial charge in [0.05, 0.1) is 52.8 Å². The number of nitrogens with zero attached hydrogens (tertiary/aromatic N) is 3. The highest BCUT2D eigenvalue weighted by molar-refractivity contribution is 9.10. The number of esters is 2. The largest absolute Gasteiger partial charge is 0.466 e. The van der Waals surface area contributed by atoms with E-state index in [-0.39, 0.29) is 27.1 Å². The highest BCUT2D eigenvalue weighted by Crippen LogP contribution is 2.46. The van der Waals surface area contributed by atoms with Crippen LogP contribution >= 0.6 is 15.9 Å². The van der Waals surface area contributed by atoms with E-state index in [1.54, 1.807) is 30.3 Å². The zero-order valence-electron chi connectivity index (χ0n) is 17.7. The molecule has 0 radical (unpaired) electrons. The lowest BCUT2D eigenvalue weighted by molar-refractivity contribution is -0.384. The van der Waals surface area contributed by atoms with E-state index >= 15 is 0 Å². The highest BCUT2D eigenvalue weighted by Gasteiger charge is 2.44. The lowest BCUT2D eigenvalue weighted by Gasteiger charge is -2.35. The van der Waals surface area contributed by atoms with Crippen LogP contribution in [0.3, 0.4) is 0 Å². The maximum atomic E-state index is 14.1. The van der Waals surface area contributed by atoms with E-state index in [2.05, 4.69) is 15.9 Å². The monoisotopic (exact) mass is 530 g/mol. The molecule has 0 bridgehead atoms. The third-order valence-corrected chi connectivity index (χ3v) is 5.67. The van der Waals surface area contributed by atoms with Crippen molar-refractivity contribution in [3.8, 4) is 6.07 Å². The van der Waals surface area contributed by atoms with Gasteiger partial charge in [-0.05, 0) is 27.6 Å². The van der Waals surface area contributed by atoms with Crippen molar-refractivity contribution < 1.29 is 28.4 Å². The molecule has 0 spiro atoms. The predicted octanol–water partition coefficient (Wildman–Crippen LogP) is 3.39. The molecule has 2 aromatic rings. The molecule has 1 unspecified atom stereocenters. The van der Waals surface area contributed by atoms with Crippen LogP contribution in [0.15, 0.2) is 69.6 Å². The number of nitro benzene ring substituents is 1. The van der Waals surface area contributed by atoms with Gasteiger partial charge >= 0.3 is 11.9 Å². The van der Waals surface area contributed by atoms with Crippen molar-refractivity contribution in [2.75, 3.05) is 19.1 Å². The second-order valence-electron chi connectivity index (χ2n) is 6.85. The number of carbonyl (C=O) groups is 2. The Morgan fingerprint density at radius 3 is 2.35 bits per heavy atom. The predicted molar refractivity (Wildman–Crippen MR) is 120 cm³/mol. The molecule has 0 aromatic heterocycles. The Morgan fingerprint density at radius 1 is 1.21 bits per heavy atom. The van der Waals surface area contributed by atoms with Crippen LogP contribution in [-0.4, -0.2) is 31.1 Å². The number of halogens is 2. The summed E-state index contributed by atoms with van der Waals surface area (Å²) in [5.41, 5.74) is 4.54. The second kappa shape index (κ2) is 9.72.